The molecule has 2 bridgehead atoms. The maximum absolute atomic E-state index is 13.4. The number of aromatic hydroxyl groups is 1. The summed E-state index contributed by atoms with van der Waals surface area (Å²) in [7, 11) is 0. The fourth-order valence-electron chi connectivity index (χ4n) is 8.01. The highest BCUT2D eigenvalue weighted by Crippen LogP contribution is 2.32. The topological polar surface area (TPSA) is 164 Å². The van der Waals surface area contributed by atoms with Gasteiger partial charge in [-0.15, -0.1) is 0 Å². The predicted octanol–water partition coefficient (Wildman–Crippen LogP) is 6.44. The van der Waals surface area contributed by atoms with Crippen LogP contribution in [0, 0.1) is 5.92 Å². The molecule has 282 valence electrons. The van der Waals surface area contributed by atoms with Gasteiger partial charge in [0.05, 0.1) is 23.2 Å². The standard InChI is InChI=1S/C42H52N4O7/c47-35-19-17-31(33-18-20-38(49)44-40(33)35)36(48)26-43-23-10-5-3-1-2-4-9-14-30-32(15-11-16-34(30)41(50)51)39(29-12-7-6-8-13-29)45-42(52)53-37-27-46-24-21-28(37)22-25-46/h6-8,11-13,15-20,28,36-37,39,43,47-48H,1-5,9-10,14,21-27H2,(H,44,49)(H,45,52)(H,50,51). The summed E-state index contributed by atoms with van der Waals surface area (Å²) in [6.45, 7) is 4.01. The first-order valence-corrected chi connectivity index (χ1v) is 19.1. The number of carboxylic acid groups (broad SMARTS) is 1. The Kier molecular flexibility index (Phi) is 13.2. The minimum absolute atomic E-state index is 0.0288. The lowest BCUT2D eigenvalue weighted by molar-refractivity contribution is -0.0336. The molecule has 0 radical (unpaired) electrons. The number of amides is 1. The summed E-state index contributed by atoms with van der Waals surface area (Å²) in [6, 6.07) is 20.6. The lowest BCUT2D eigenvalue weighted by Crippen LogP contribution is -2.52. The van der Waals surface area contributed by atoms with Crippen molar-refractivity contribution in [3.63, 3.8) is 0 Å². The summed E-state index contributed by atoms with van der Waals surface area (Å²) in [6.07, 6.45) is 8.33. The fraction of sp³-hybridized carbons (Fsp3) is 0.452. The summed E-state index contributed by atoms with van der Waals surface area (Å²) in [4.78, 5) is 42.4. The number of phenols is 1. The summed E-state index contributed by atoms with van der Waals surface area (Å²) in [5, 5.41) is 38.1. The number of rotatable bonds is 18. The van der Waals surface area contributed by atoms with Crippen molar-refractivity contribution in [2.45, 2.75) is 82.5 Å². The number of carbonyl (C=O) groups excluding carboxylic acids is 1. The number of phenolic OH excluding ortho intramolecular Hbond substituents is 1. The molecule has 1 aromatic heterocycles. The van der Waals surface area contributed by atoms with Crippen molar-refractivity contribution >= 4 is 23.0 Å². The van der Waals surface area contributed by atoms with Crippen molar-refractivity contribution in [1.82, 2.24) is 20.5 Å². The molecule has 3 atom stereocenters. The van der Waals surface area contributed by atoms with Gasteiger partial charge in [-0.25, -0.2) is 9.59 Å². The van der Waals surface area contributed by atoms with Crippen LogP contribution in [0.5, 0.6) is 5.75 Å². The number of pyridine rings is 1. The monoisotopic (exact) mass is 724 g/mol. The third kappa shape index (κ3) is 9.84. The maximum Gasteiger partial charge on any atom is 0.408 e. The number of alkyl carbamates (subject to hydrolysis) is 1. The number of nitrogens with one attached hydrogen (secondary N) is 3. The summed E-state index contributed by atoms with van der Waals surface area (Å²) in [5.74, 6) is -0.617. The van der Waals surface area contributed by atoms with E-state index in [9.17, 15) is 29.7 Å². The maximum atomic E-state index is 13.4. The Morgan fingerprint density at radius 1 is 0.868 bits per heavy atom. The molecule has 0 aliphatic carbocycles. The number of fused-ring (bicyclic) bond motifs is 4. The van der Waals surface area contributed by atoms with Crippen molar-refractivity contribution in [3.05, 3.63) is 111 Å². The molecule has 4 heterocycles. The number of unbranched alkanes of at least 4 members (excludes halogenated alkanes) is 6. The van der Waals surface area contributed by atoms with E-state index in [0.717, 1.165) is 101 Å². The van der Waals surface area contributed by atoms with Gasteiger partial charge in [-0.2, -0.15) is 0 Å². The minimum Gasteiger partial charge on any atom is -0.506 e. The Labute approximate surface area is 310 Å². The highest BCUT2D eigenvalue weighted by molar-refractivity contribution is 5.90. The number of nitrogens with zero attached hydrogens (tertiary/aromatic N) is 1. The molecular weight excluding hydrogens is 672 g/mol. The van der Waals surface area contributed by atoms with Crippen LogP contribution >= 0.6 is 0 Å². The molecule has 3 fully saturated rings. The molecule has 7 rings (SSSR count). The number of aliphatic hydroxyl groups is 1. The number of piperidine rings is 3. The zero-order valence-corrected chi connectivity index (χ0v) is 30.3. The highest BCUT2D eigenvalue weighted by atomic mass is 16.6. The van der Waals surface area contributed by atoms with E-state index < -0.39 is 24.2 Å². The Morgan fingerprint density at radius 3 is 2.32 bits per heavy atom. The summed E-state index contributed by atoms with van der Waals surface area (Å²) < 4.78 is 5.99. The molecule has 1 amide bonds. The lowest BCUT2D eigenvalue weighted by Gasteiger charge is -2.44. The van der Waals surface area contributed by atoms with Gasteiger partial charge < -0.3 is 35.7 Å². The number of ether oxygens (including phenoxy) is 1. The molecule has 6 N–H and O–H groups in total. The lowest BCUT2D eigenvalue weighted by atomic mass is 9.86. The Balaban J connectivity index is 0.961. The van der Waals surface area contributed by atoms with E-state index in [1.54, 1.807) is 24.3 Å². The second-order valence-electron chi connectivity index (χ2n) is 14.5. The van der Waals surface area contributed by atoms with E-state index in [1.807, 2.05) is 36.4 Å². The average Bonchev–Trinajstić information content (AvgIpc) is 3.17. The minimum atomic E-state index is -0.975. The second kappa shape index (κ2) is 18.4. The molecule has 3 aliphatic heterocycles. The van der Waals surface area contributed by atoms with Crippen LogP contribution in [0.25, 0.3) is 10.9 Å². The van der Waals surface area contributed by atoms with E-state index in [4.69, 9.17) is 4.74 Å². The number of benzene rings is 3. The molecule has 3 saturated heterocycles. The van der Waals surface area contributed by atoms with Crippen LogP contribution in [0.3, 0.4) is 0 Å². The van der Waals surface area contributed by atoms with Gasteiger partial charge in [-0.1, -0.05) is 80.6 Å². The predicted molar refractivity (Wildman–Crippen MR) is 204 cm³/mol. The van der Waals surface area contributed by atoms with Crippen LogP contribution in [0.2, 0.25) is 0 Å². The van der Waals surface area contributed by atoms with E-state index in [2.05, 4.69) is 20.5 Å². The van der Waals surface area contributed by atoms with Crippen molar-refractivity contribution in [2.75, 3.05) is 32.7 Å². The second-order valence-corrected chi connectivity index (χ2v) is 14.5. The fourth-order valence-corrected chi connectivity index (χ4v) is 8.01. The number of hydrogen-bond acceptors (Lipinski definition) is 8. The molecule has 3 aromatic carbocycles. The van der Waals surface area contributed by atoms with Gasteiger partial charge in [0.25, 0.3) is 0 Å². The van der Waals surface area contributed by atoms with E-state index in [-0.39, 0.29) is 23.0 Å². The van der Waals surface area contributed by atoms with Gasteiger partial charge in [0.1, 0.15) is 11.9 Å². The summed E-state index contributed by atoms with van der Waals surface area (Å²) >= 11 is 0. The van der Waals surface area contributed by atoms with Crippen LogP contribution in [0.1, 0.15) is 103 Å². The number of aromatic carboxylic acids is 1. The molecule has 11 nitrogen and oxygen atoms in total. The molecule has 11 heteroatoms. The number of hydrogen-bond donors (Lipinski definition) is 6. The first-order valence-electron chi connectivity index (χ1n) is 19.1. The number of aromatic nitrogens is 1. The largest absolute Gasteiger partial charge is 0.506 e. The first-order chi connectivity index (χ1) is 25.8. The van der Waals surface area contributed by atoms with Crippen LogP contribution in [-0.2, 0) is 11.2 Å². The molecule has 4 aromatic rings. The summed E-state index contributed by atoms with van der Waals surface area (Å²) in [5.41, 5.74) is 3.33. The zero-order chi connectivity index (χ0) is 37.2. The molecular formula is C42H52N4O7. The van der Waals surface area contributed by atoms with Crippen LogP contribution in [0.15, 0.2) is 77.6 Å². The number of aromatic amines is 1. The molecule has 3 aliphatic rings. The van der Waals surface area contributed by atoms with Gasteiger partial charge in [0.15, 0.2) is 0 Å². The number of aliphatic hydroxyl groups excluding tert-OH is 1. The van der Waals surface area contributed by atoms with Gasteiger partial charge in [-0.3, -0.25) is 9.69 Å². The Bertz CT molecular complexity index is 1890. The average molecular weight is 725 g/mol. The number of carboxylic acids is 1. The molecule has 53 heavy (non-hydrogen) atoms. The molecule has 0 saturated carbocycles. The number of H-pyrrole nitrogens is 1. The normalized spacial score (nSPS) is 19.2. The van der Waals surface area contributed by atoms with Gasteiger partial charge in [0.2, 0.25) is 5.56 Å². The van der Waals surface area contributed by atoms with E-state index in [0.29, 0.717) is 35.3 Å². The number of carbonyl (C=O) groups is 2. The van der Waals surface area contributed by atoms with E-state index in [1.165, 1.54) is 12.1 Å². The van der Waals surface area contributed by atoms with Crippen molar-refractivity contribution < 1.29 is 29.6 Å². The van der Waals surface area contributed by atoms with Gasteiger partial charge in [-0.05, 0) is 98.1 Å². The third-order valence-corrected chi connectivity index (χ3v) is 10.9. The van der Waals surface area contributed by atoms with Gasteiger partial charge >= 0.3 is 12.1 Å². The Morgan fingerprint density at radius 2 is 1.60 bits per heavy atom. The Hall–Kier alpha value is -4.71. The smallest absolute Gasteiger partial charge is 0.408 e. The van der Waals surface area contributed by atoms with Crippen LogP contribution < -0.4 is 16.2 Å². The third-order valence-electron chi connectivity index (χ3n) is 10.9. The zero-order valence-electron chi connectivity index (χ0n) is 30.3. The quantitative estimate of drug-likeness (QED) is 0.0634. The van der Waals surface area contributed by atoms with Gasteiger partial charge in [0, 0.05) is 24.5 Å². The molecule has 3 unspecified atom stereocenters. The van der Waals surface area contributed by atoms with Crippen LogP contribution in [-0.4, -0.2) is 76.1 Å². The van der Waals surface area contributed by atoms with Crippen molar-refractivity contribution in [1.29, 1.82) is 0 Å². The van der Waals surface area contributed by atoms with Crippen molar-refractivity contribution in [2.24, 2.45) is 5.92 Å². The molecule has 0 spiro atoms. The van der Waals surface area contributed by atoms with Crippen LogP contribution in [0.4, 0.5) is 4.79 Å². The van der Waals surface area contributed by atoms with E-state index >= 15 is 0 Å². The highest BCUT2D eigenvalue weighted by Gasteiger charge is 2.37. The first kappa shape index (κ1) is 38.0. The van der Waals surface area contributed by atoms with Crippen molar-refractivity contribution in [3.8, 4) is 5.75 Å². The SMILES string of the molecule is O=C(NC(c1ccccc1)c1cccc(C(=O)O)c1CCCCCCCCCNCC(O)c1ccc(O)c2[nH]c(=O)ccc12)OC1CN2CCC1CC2.